The summed E-state index contributed by atoms with van der Waals surface area (Å²) in [6, 6.07) is 13.6. The zero-order chi connectivity index (χ0) is 14.2. The maximum atomic E-state index is 12.6. The zero-order valence-corrected chi connectivity index (χ0v) is 12.7. The molecule has 1 amide bonds. The molecular formula is C15H12N4OSe. The third kappa shape index (κ3) is 2.13. The van der Waals surface area contributed by atoms with Gasteiger partial charge in [0.05, 0.1) is 0 Å². The van der Waals surface area contributed by atoms with Gasteiger partial charge >= 0.3 is 127 Å². The van der Waals surface area contributed by atoms with Crippen molar-refractivity contribution in [2.75, 3.05) is 17.2 Å². The van der Waals surface area contributed by atoms with E-state index in [9.17, 15) is 4.79 Å². The summed E-state index contributed by atoms with van der Waals surface area (Å²) in [4.78, 5) is 12.6. The van der Waals surface area contributed by atoms with Crippen LogP contribution in [0.1, 0.15) is 11.5 Å². The first-order valence-electron chi connectivity index (χ1n) is 6.68. The van der Waals surface area contributed by atoms with Crippen LogP contribution < -0.4 is 10.6 Å². The van der Waals surface area contributed by atoms with E-state index in [-0.39, 0.29) is 26.4 Å². The molecule has 6 heteroatoms. The number of hydrogen-bond acceptors (Lipinski definition) is 4. The van der Waals surface area contributed by atoms with Crippen LogP contribution in [0.2, 0.25) is 0 Å². The van der Waals surface area contributed by atoms with E-state index in [2.05, 4.69) is 18.6 Å². The molecule has 0 saturated heterocycles. The van der Waals surface area contributed by atoms with E-state index in [1.54, 1.807) is 0 Å². The van der Waals surface area contributed by atoms with Crippen molar-refractivity contribution in [2.45, 2.75) is 5.92 Å². The Morgan fingerprint density at radius 3 is 3.05 bits per heavy atom. The van der Waals surface area contributed by atoms with E-state index in [1.165, 1.54) is 0 Å². The molecule has 104 valence electrons. The summed E-state index contributed by atoms with van der Waals surface area (Å²) >= 11 is -0.0926. The van der Waals surface area contributed by atoms with Crippen LogP contribution in [0.5, 0.6) is 0 Å². The van der Waals surface area contributed by atoms with Gasteiger partial charge in [0, 0.05) is 0 Å². The Balaban J connectivity index is 1.61. The molecule has 2 aromatic rings. The molecule has 0 saturated carbocycles. The second kappa shape index (κ2) is 4.98. The van der Waals surface area contributed by atoms with Gasteiger partial charge in [-0.2, -0.15) is 0 Å². The van der Waals surface area contributed by atoms with Gasteiger partial charge in [-0.15, -0.1) is 0 Å². The third-order valence-corrected chi connectivity index (χ3v) is 4.83. The van der Waals surface area contributed by atoms with Crippen molar-refractivity contribution < 1.29 is 4.79 Å². The van der Waals surface area contributed by atoms with Crippen LogP contribution in [0.25, 0.3) is 0 Å². The number of nitrogens with zero attached hydrogens (tertiary/aromatic N) is 2. The number of carbonyl (C=O) groups excluding carboxylic acids is 1. The van der Waals surface area contributed by atoms with Crippen LogP contribution in [0.15, 0.2) is 50.4 Å². The fraction of sp³-hybridized carbons (Fsp3) is 0.133. The van der Waals surface area contributed by atoms with E-state index in [1.807, 2.05) is 42.5 Å². The van der Waals surface area contributed by atoms with Gasteiger partial charge in [-0.3, -0.25) is 0 Å². The molecule has 21 heavy (non-hydrogen) atoms. The van der Waals surface area contributed by atoms with Crippen LogP contribution in [-0.4, -0.2) is 27.0 Å². The van der Waals surface area contributed by atoms with Crippen LogP contribution in [0.3, 0.4) is 0 Å². The van der Waals surface area contributed by atoms with Crippen LogP contribution in [-0.2, 0) is 4.79 Å². The first kappa shape index (κ1) is 12.6. The number of carbonyl (C=O) groups is 1. The average Bonchev–Trinajstić information content (AvgIpc) is 3.14. The third-order valence-electron chi connectivity index (χ3n) is 3.69. The summed E-state index contributed by atoms with van der Waals surface area (Å²) in [6.07, 6.45) is 0. The monoisotopic (exact) mass is 344 g/mol. The topological polar surface area (TPSA) is 65.8 Å². The maximum absolute atomic E-state index is 12.6. The average molecular weight is 343 g/mol. The first-order chi connectivity index (χ1) is 10.3. The van der Waals surface area contributed by atoms with E-state index in [0.29, 0.717) is 6.54 Å². The summed E-state index contributed by atoms with van der Waals surface area (Å²) < 4.78 is 8.72. The van der Waals surface area contributed by atoms with Gasteiger partial charge in [0.15, 0.2) is 0 Å². The second-order valence-corrected chi connectivity index (χ2v) is 6.06. The fourth-order valence-electron chi connectivity index (χ4n) is 2.64. The second-order valence-electron chi connectivity index (χ2n) is 4.95. The van der Waals surface area contributed by atoms with Crippen molar-refractivity contribution in [1.29, 1.82) is 0 Å². The minimum atomic E-state index is -0.166. The van der Waals surface area contributed by atoms with Gasteiger partial charge < -0.3 is 0 Å². The summed E-state index contributed by atoms with van der Waals surface area (Å²) in [5.41, 5.74) is 4.53. The number of benzene rings is 2. The molecule has 2 aliphatic heterocycles. The van der Waals surface area contributed by atoms with Gasteiger partial charge in [-0.1, -0.05) is 0 Å². The van der Waals surface area contributed by atoms with Crippen molar-refractivity contribution in [3.8, 4) is 0 Å². The fourth-order valence-corrected chi connectivity index (χ4v) is 3.80. The standard InChI is InChI=1S/C15H12N4OSe/c20-15(10-8-16-11-5-2-1-4-9(10)11)17-12-6-3-7-13-14(12)19-21-18-13/h1-7,10,16H,8H2,(H,17,20). The quantitative estimate of drug-likeness (QED) is 0.702. The van der Waals surface area contributed by atoms with Crippen LogP contribution in [0.4, 0.5) is 22.7 Å². The Bertz CT molecular complexity index is 811. The number of rotatable bonds is 2. The van der Waals surface area contributed by atoms with Crippen LogP contribution >= 0.6 is 0 Å². The molecule has 0 bridgehead atoms. The molecule has 2 N–H and O–H groups in total. The number of amides is 1. The Labute approximate surface area is 127 Å². The number of hydrogen-bond donors (Lipinski definition) is 2. The molecule has 1 atom stereocenters. The number of anilines is 2. The molecule has 4 rings (SSSR count). The van der Waals surface area contributed by atoms with Gasteiger partial charge in [-0.25, -0.2) is 0 Å². The van der Waals surface area contributed by atoms with E-state index in [0.717, 1.165) is 28.3 Å². The Kier molecular flexibility index (Phi) is 2.98. The SMILES string of the molecule is O=C(Nc1cccc2c1N=[Se]=N2)C1CNc2ccccc21. The number of fused-ring (bicyclic) bond motifs is 2. The Morgan fingerprint density at radius 2 is 2.10 bits per heavy atom. The molecule has 0 aliphatic carbocycles. The van der Waals surface area contributed by atoms with Crippen molar-refractivity contribution in [1.82, 2.24) is 0 Å². The molecule has 0 radical (unpaired) electrons. The molecule has 1 unspecified atom stereocenters. The van der Waals surface area contributed by atoms with Crippen molar-refractivity contribution in [2.24, 2.45) is 7.92 Å². The molecule has 0 aromatic heterocycles. The molecule has 0 fully saturated rings. The number of para-hydroxylation sites is 1. The summed E-state index contributed by atoms with van der Waals surface area (Å²) in [7, 11) is 0. The Morgan fingerprint density at radius 1 is 1.19 bits per heavy atom. The first-order valence-corrected chi connectivity index (χ1v) is 8.21. The summed E-state index contributed by atoms with van der Waals surface area (Å²) in [5, 5.41) is 6.27. The van der Waals surface area contributed by atoms with E-state index < -0.39 is 0 Å². The van der Waals surface area contributed by atoms with E-state index in [4.69, 9.17) is 0 Å². The number of nitrogens with one attached hydrogen (secondary N) is 2. The normalized spacial score (nSPS) is 17.6. The van der Waals surface area contributed by atoms with Crippen molar-refractivity contribution >= 4 is 43.2 Å². The zero-order valence-electron chi connectivity index (χ0n) is 11.0. The van der Waals surface area contributed by atoms with Crippen molar-refractivity contribution in [3.05, 3.63) is 48.0 Å². The van der Waals surface area contributed by atoms with Gasteiger partial charge in [-0.05, 0) is 0 Å². The molecule has 2 heterocycles. The van der Waals surface area contributed by atoms with Gasteiger partial charge in [0.2, 0.25) is 0 Å². The Hall–Kier alpha value is -2.17. The summed E-state index contributed by atoms with van der Waals surface area (Å²) in [6.45, 7) is 0.631. The van der Waals surface area contributed by atoms with Crippen LogP contribution in [0, 0.1) is 0 Å². The van der Waals surface area contributed by atoms with Gasteiger partial charge in [0.1, 0.15) is 0 Å². The predicted molar refractivity (Wildman–Crippen MR) is 82.7 cm³/mol. The predicted octanol–water partition coefficient (Wildman–Crippen LogP) is 3.18. The van der Waals surface area contributed by atoms with E-state index >= 15 is 0 Å². The molecule has 0 spiro atoms. The van der Waals surface area contributed by atoms with Crippen molar-refractivity contribution in [3.63, 3.8) is 0 Å². The molecular weight excluding hydrogens is 331 g/mol. The molecule has 2 aromatic carbocycles. The molecule has 2 aliphatic rings. The minimum absolute atomic E-state index is 0.00421. The summed E-state index contributed by atoms with van der Waals surface area (Å²) in [5.74, 6) is -0.170. The molecule has 5 nitrogen and oxygen atoms in total. The van der Waals surface area contributed by atoms with Gasteiger partial charge in [0.25, 0.3) is 0 Å².